The molecule has 0 N–H and O–H groups in total. The van der Waals surface area contributed by atoms with Crippen LogP contribution < -0.4 is 4.74 Å². The summed E-state index contributed by atoms with van der Waals surface area (Å²) in [6.07, 6.45) is 7.20. The number of Topliss-reactive ketones (excluding diaryl/α,β-unsaturated/α-hetero) is 1. The van der Waals surface area contributed by atoms with E-state index in [1.807, 2.05) is 12.1 Å². The summed E-state index contributed by atoms with van der Waals surface area (Å²) in [5.41, 5.74) is 1.94. The minimum Gasteiger partial charge on any atom is -0.493 e. The van der Waals surface area contributed by atoms with Crippen LogP contribution in [0.1, 0.15) is 54.4 Å². The van der Waals surface area contributed by atoms with Crippen molar-refractivity contribution in [3.8, 4) is 5.75 Å². The Labute approximate surface area is 120 Å². The Hall–Kier alpha value is -1.35. The first-order valence-electron chi connectivity index (χ1n) is 7.74. The van der Waals surface area contributed by atoms with Gasteiger partial charge in [-0.2, -0.15) is 0 Å². The van der Waals surface area contributed by atoms with Crippen molar-refractivity contribution in [1.82, 2.24) is 0 Å². The summed E-state index contributed by atoms with van der Waals surface area (Å²) in [5.74, 6) is 1.02. The lowest BCUT2D eigenvalue weighted by atomic mass is 9.96. The molecule has 1 atom stereocenters. The van der Waals surface area contributed by atoms with Gasteiger partial charge in [0.05, 0.1) is 18.3 Å². The maximum absolute atomic E-state index is 12.4. The summed E-state index contributed by atoms with van der Waals surface area (Å²) in [6, 6.07) is 5.93. The molecular formula is C17H22O3. The lowest BCUT2D eigenvalue weighted by molar-refractivity contribution is 0.0104. The molecule has 0 aromatic heterocycles. The van der Waals surface area contributed by atoms with Crippen LogP contribution in [0.2, 0.25) is 0 Å². The van der Waals surface area contributed by atoms with E-state index < -0.39 is 0 Å². The Morgan fingerprint density at radius 1 is 1.20 bits per heavy atom. The third kappa shape index (κ3) is 3.04. The van der Waals surface area contributed by atoms with Crippen molar-refractivity contribution in [1.29, 1.82) is 0 Å². The Morgan fingerprint density at radius 3 is 3.00 bits per heavy atom. The van der Waals surface area contributed by atoms with Gasteiger partial charge in [-0.15, -0.1) is 0 Å². The van der Waals surface area contributed by atoms with Gasteiger partial charge in [-0.1, -0.05) is 12.1 Å². The number of carbonyl (C=O) groups excluding carboxylic acids is 1. The molecule has 1 unspecified atom stereocenters. The highest BCUT2D eigenvalue weighted by atomic mass is 16.5. The van der Waals surface area contributed by atoms with E-state index in [4.69, 9.17) is 9.47 Å². The molecular weight excluding hydrogens is 252 g/mol. The van der Waals surface area contributed by atoms with Crippen LogP contribution in [0.3, 0.4) is 0 Å². The average Bonchev–Trinajstić information content (AvgIpc) is 2.53. The smallest absolute Gasteiger partial charge is 0.166 e. The van der Waals surface area contributed by atoms with Gasteiger partial charge < -0.3 is 9.47 Å². The fraction of sp³-hybridized carbons (Fsp3) is 0.588. The second-order valence-electron chi connectivity index (χ2n) is 5.70. The van der Waals surface area contributed by atoms with Crippen LogP contribution in [0, 0.1) is 0 Å². The molecule has 108 valence electrons. The SMILES string of the molecule is O=C(CCC1CCCCO1)c1cccc2c1OCCC2. The van der Waals surface area contributed by atoms with Gasteiger partial charge >= 0.3 is 0 Å². The van der Waals surface area contributed by atoms with E-state index >= 15 is 0 Å². The Morgan fingerprint density at radius 2 is 2.15 bits per heavy atom. The lowest BCUT2D eigenvalue weighted by Crippen LogP contribution is -2.20. The summed E-state index contributed by atoms with van der Waals surface area (Å²) in [5, 5.41) is 0. The minimum atomic E-state index is 0.193. The largest absolute Gasteiger partial charge is 0.493 e. The van der Waals surface area contributed by atoms with Crippen LogP contribution in [0.5, 0.6) is 5.75 Å². The number of ether oxygens (including phenoxy) is 2. The number of rotatable bonds is 4. The quantitative estimate of drug-likeness (QED) is 0.788. The van der Waals surface area contributed by atoms with Gasteiger partial charge in [0.1, 0.15) is 5.75 Å². The van der Waals surface area contributed by atoms with Crippen molar-refractivity contribution in [3.63, 3.8) is 0 Å². The van der Waals surface area contributed by atoms with Crippen molar-refractivity contribution >= 4 is 5.78 Å². The molecule has 3 heteroatoms. The van der Waals surface area contributed by atoms with Gasteiger partial charge in [0.25, 0.3) is 0 Å². The van der Waals surface area contributed by atoms with Crippen molar-refractivity contribution < 1.29 is 14.3 Å². The number of hydrogen-bond donors (Lipinski definition) is 0. The summed E-state index contributed by atoms with van der Waals surface area (Å²) >= 11 is 0. The number of fused-ring (bicyclic) bond motifs is 1. The van der Waals surface area contributed by atoms with Crippen LogP contribution in [0.4, 0.5) is 0 Å². The van der Waals surface area contributed by atoms with Gasteiger partial charge in [0.2, 0.25) is 0 Å². The standard InChI is InChI=1S/C17H22O3/c18-16(10-9-14-7-1-2-11-19-14)15-8-3-5-13-6-4-12-20-17(13)15/h3,5,8,14H,1-2,4,6-7,9-12H2. The van der Waals surface area contributed by atoms with E-state index in [0.717, 1.165) is 56.6 Å². The molecule has 1 aromatic rings. The van der Waals surface area contributed by atoms with E-state index in [1.165, 1.54) is 12.0 Å². The molecule has 1 fully saturated rings. The lowest BCUT2D eigenvalue weighted by Gasteiger charge is -2.23. The minimum absolute atomic E-state index is 0.193. The summed E-state index contributed by atoms with van der Waals surface area (Å²) in [4.78, 5) is 12.4. The van der Waals surface area contributed by atoms with E-state index in [2.05, 4.69) is 6.07 Å². The van der Waals surface area contributed by atoms with Crippen molar-refractivity contribution in [3.05, 3.63) is 29.3 Å². The molecule has 1 saturated heterocycles. The molecule has 0 radical (unpaired) electrons. The van der Waals surface area contributed by atoms with Gasteiger partial charge in [0, 0.05) is 13.0 Å². The van der Waals surface area contributed by atoms with Crippen LogP contribution >= 0.6 is 0 Å². The number of aryl methyl sites for hydroxylation is 1. The first-order chi connectivity index (χ1) is 9.84. The Bertz CT molecular complexity index is 475. The third-order valence-electron chi connectivity index (χ3n) is 4.20. The fourth-order valence-electron chi connectivity index (χ4n) is 3.07. The van der Waals surface area contributed by atoms with E-state index in [9.17, 15) is 4.79 Å². The zero-order valence-electron chi connectivity index (χ0n) is 11.9. The van der Waals surface area contributed by atoms with Gasteiger partial charge in [-0.3, -0.25) is 4.79 Å². The molecule has 2 aliphatic rings. The molecule has 20 heavy (non-hydrogen) atoms. The number of benzene rings is 1. The van der Waals surface area contributed by atoms with Gasteiger partial charge in [-0.25, -0.2) is 0 Å². The second kappa shape index (κ2) is 6.40. The van der Waals surface area contributed by atoms with Gasteiger partial charge in [0.15, 0.2) is 5.78 Å². The van der Waals surface area contributed by atoms with Gasteiger partial charge in [-0.05, 0) is 50.2 Å². The number of ketones is 1. The Kier molecular flexibility index (Phi) is 4.36. The normalized spacial score (nSPS) is 21.9. The first kappa shape index (κ1) is 13.6. The first-order valence-corrected chi connectivity index (χ1v) is 7.74. The van der Waals surface area contributed by atoms with Crippen molar-refractivity contribution in [2.75, 3.05) is 13.2 Å². The van der Waals surface area contributed by atoms with E-state index in [-0.39, 0.29) is 11.9 Å². The maximum atomic E-state index is 12.4. The molecule has 0 aliphatic carbocycles. The van der Waals surface area contributed by atoms with E-state index in [1.54, 1.807) is 0 Å². The highest BCUT2D eigenvalue weighted by Crippen LogP contribution is 2.30. The molecule has 0 spiro atoms. The monoisotopic (exact) mass is 274 g/mol. The maximum Gasteiger partial charge on any atom is 0.166 e. The molecule has 0 saturated carbocycles. The fourth-order valence-corrected chi connectivity index (χ4v) is 3.07. The summed E-state index contributed by atoms with van der Waals surface area (Å²) < 4.78 is 11.4. The predicted molar refractivity (Wildman–Crippen MR) is 77.4 cm³/mol. The van der Waals surface area contributed by atoms with Crippen LogP contribution in [0.15, 0.2) is 18.2 Å². The third-order valence-corrected chi connectivity index (χ3v) is 4.20. The molecule has 1 aromatic carbocycles. The van der Waals surface area contributed by atoms with E-state index in [0.29, 0.717) is 6.42 Å². The predicted octanol–water partition coefficient (Wildman–Crippen LogP) is 3.54. The average molecular weight is 274 g/mol. The highest BCUT2D eigenvalue weighted by molar-refractivity contribution is 5.99. The van der Waals surface area contributed by atoms with Crippen molar-refractivity contribution in [2.24, 2.45) is 0 Å². The number of para-hydroxylation sites is 1. The summed E-state index contributed by atoms with van der Waals surface area (Å²) in [7, 11) is 0. The molecule has 0 bridgehead atoms. The zero-order valence-corrected chi connectivity index (χ0v) is 11.9. The molecule has 3 rings (SSSR count). The van der Waals surface area contributed by atoms with Crippen LogP contribution in [-0.2, 0) is 11.2 Å². The van der Waals surface area contributed by atoms with Crippen LogP contribution in [-0.4, -0.2) is 25.1 Å². The molecule has 0 amide bonds. The highest BCUT2D eigenvalue weighted by Gasteiger charge is 2.21. The topological polar surface area (TPSA) is 35.5 Å². The number of carbonyl (C=O) groups is 1. The van der Waals surface area contributed by atoms with Crippen molar-refractivity contribution in [2.45, 2.75) is 51.0 Å². The molecule has 2 aliphatic heterocycles. The number of hydrogen-bond acceptors (Lipinski definition) is 3. The Balaban J connectivity index is 1.64. The molecule has 3 nitrogen and oxygen atoms in total. The summed E-state index contributed by atoms with van der Waals surface area (Å²) in [6.45, 7) is 1.58. The molecule has 2 heterocycles. The second-order valence-corrected chi connectivity index (χ2v) is 5.70. The van der Waals surface area contributed by atoms with Crippen LogP contribution in [0.25, 0.3) is 0 Å². The zero-order chi connectivity index (χ0) is 13.8.